The van der Waals surface area contributed by atoms with Crippen molar-refractivity contribution in [1.29, 1.82) is 0 Å². The highest BCUT2D eigenvalue weighted by Crippen LogP contribution is 2.22. The summed E-state index contributed by atoms with van der Waals surface area (Å²) < 4.78 is 0. The minimum atomic E-state index is -0.763. The summed E-state index contributed by atoms with van der Waals surface area (Å²) in [5, 5.41) is 32.9. The van der Waals surface area contributed by atoms with Crippen LogP contribution in [0.1, 0.15) is 55.3 Å². The van der Waals surface area contributed by atoms with E-state index in [0.29, 0.717) is 6.54 Å². The largest absolute Gasteiger partial charge is 0.396 e. The number of non-ortho nitro benzene ring substituents is 2. The average Bonchev–Trinajstić information content (AvgIpc) is 2.59. The summed E-state index contributed by atoms with van der Waals surface area (Å²) in [6.07, 6.45) is 6.72. The van der Waals surface area contributed by atoms with Gasteiger partial charge in [-0.25, -0.2) is 0 Å². The minimum absolute atomic E-state index is 0.0927. The van der Waals surface area contributed by atoms with Crippen molar-refractivity contribution in [3.8, 4) is 0 Å². The fourth-order valence-electron chi connectivity index (χ4n) is 2.36. The number of amides is 1. The Morgan fingerprint density at radius 1 is 0.880 bits per heavy atom. The van der Waals surface area contributed by atoms with Gasteiger partial charge in [0.15, 0.2) is 0 Å². The van der Waals surface area contributed by atoms with Crippen molar-refractivity contribution in [1.82, 2.24) is 5.32 Å². The number of unbranched alkanes of at least 4 members (excludes halogenated alkanes) is 6. The van der Waals surface area contributed by atoms with E-state index in [-0.39, 0.29) is 12.2 Å². The van der Waals surface area contributed by atoms with Gasteiger partial charge in [0.1, 0.15) is 0 Å². The van der Waals surface area contributed by atoms with Crippen LogP contribution in [0.2, 0.25) is 0 Å². The fraction of sp³-hybridized carbons (Fsp3) is 0.562. The molecule has 9 heteroatoms. The third-order valence-electron chi connectivity index (χ3n) is 3.71. The van der Waals surface area contributed by atoms with Crippen molar-refractivity contribution < 1.29 is 19.7 Å². The Balaban J connectivity index is 2.42. The lowest BCUT2D eigenvalue weighted by Gasteiger charge is -2.06. The molecular formula is C16H23N3O6. The van der Waals surface area contributed by atoms with Crippen molar-refractivity contribution in [3.05, 3.63) is 44.0 Å². The summed E-state index contributed by atoms with van der Waals surface area (Å²) in [4.78, 5) is 32.1. The smallest absolute Gasteiger partial charge is 0.277 e. The number of carbonyl (C=O) groups excluding carboxylic acids is 1. The molecule has 0 atom stereocenters. The zero-order valence-corrected chi connectivity index (χ0v) is 14.0. The molecule has 1 rings (SSSR count). The van der Waals surface area contributed by atoms with Crippen LogP contribution in [0.3, 0.4) is 0 Å². The van der Waals surface area contributed by atoms with E-state index in [4.69, 9.17) is 5.11 Å². The minimum Gasteiger partial charge on any atom is -0.396 e. The molecule has 25 heavy (non-hydrogen) atoms. The molecular weight excluding hydrogens is 330 g/mol. The number of benzene rings is 1. The zero-order valence-electron chi connectivity index (χ0n) is 14.0. The van der Waals surface area contributed by atoms with Gasteiger partial charge in [0, 0.05) is 25.3 Å². The maximum Gasteiger partial charge on any atom is 0.277 e. The van der Waals surface area contributed by atoms with Crippen LogP contribution in [0.25, 0.3) is 0 Å². The van der Waals surface area contributed by atoms with Gasteiger partial charge in [-0.05, 0) is 12.8 Å². The molecule has 1 aromatic carbocycles. The molecule has 0 bridgehead atoms. The Kier molecular flexibility index (Phi) is 9.09. The maximum atomic E-state index is 12.0. The number of nitro groups is 2. The summed E-state index contributed by atoms with van der Waals surface area (Å²) in [5.74, 6) is -0.560. The Morgan fingerprint density at radius 2 is 1.36 bits per heavy atom. The van der Waals surface area contributed by atoms with Crippen molar-refractivity contribution in [2.75, 3.05) is 13.2 Å². The first-order chi connectivity index (χ1) is 12.0. The van der Waals surface area contributed by atoms with Crippen molar-refractivity contribution >= 4 is 17.3 Å². The Labute approximate surface area is 145 Å². The van der Waals surface area contributed by atoms with Crippen LogP contribution in [0.5, 0.6) is 0 Å². The van der Waals surface area contributed by atoms with E-state index < -0.39 is 27.1 Å². The number of carbonyl (C=O) groups is 1. The van der Waals surface area contributed by atoms with Gasteiger partial charge < -0.3 is 10.4 Å². The first-order valence-corrected chi connectivity index (χ1v) is 8.28. The predicted molar refractivity (Wildman–Crippen MR) is 91.5 cm³/mol. The van der Waals surface area contributed by atoms with Gasteiger partial charge in [-0.1, -0.05) is 32.1 Å². The summed E-state index contributed by atoms with van der Waals surface area (Å²) in [6, 6.07) is 2.89. The van der Waals surface area contributed by atoms with E-state index in [1.807, 2.05) is 0 Å². The second-order valence-corrected chi connectivity index (χ2v) is 5.71. The number of nitrogens with one attached hydrogen (secondary N) is 1. The second kappa shape index (κ2) is 11.1. The summed E-state index contributed by atoms with van der Waals surface area (Å²) in [7, 11) is 0. The quantitative estimate of drug-likeness (QED) is 0.337. The first-order valence-electron chi connectivity index (χ1n) is 8.28. The van der Waals surface area contributed by atoms with Gasteiger partial charge in [0.05, 0.1) is 21.5 Å². The Bertz CT molecular complexity index is 573. The maximum absolute atomic E-state index is 12.0. The summed E-state index contributed by atoms with van der Waals surface area (Å²) in [6.45, 7) is 0.633. The molecule has 0 spiro atoms. The van der Waals surface area contributed by atoms with Crippen molar-refractivity contribution in [2.45, 2.75) is 44.9 Å². The molecule has 0 radical (unpaired) electrons. The predicted octanol–water partition coefficient (Wildman–Crippen LogP) is 2.96. The van der Waals surface area contributed by atoms with Crippen LogP contribution in [-0.2, 0) is 0 Å². The van der Waals surface area contributed by atoms with E-state index in [1.165, 1.54) is 0 Å². The van der Waals surface area contributed by atoms with Gasteiger partial charge >= 0.3 is 0 Å². The van der Waals surface area contributed by atoms with Gasteiger partial charge in [0.25, 0.3) is 17.3 Å². The molecule has 0 fully saturated rings. The van der Waals surface area contributed by atoms with Gasteiger partial charge in [0.2, 0.25) is 0 Å². The second-order valence-electron chi connectivity index (χ2n) is 5.71. The van der Waals surface area contributed by atoms with Crippen LogP contribution in [-0.4, -0.2) is 34.0 Å². The summed E-state index contributed by atoms with van der Waals surface area (Å²) in [5.41, 5.74) is -1.06. The molecule has 1 amide bonds. The van der Waals surface area contributed by atoms with E-state index in [0.717, 1.165) is 63.1 Å². The van der Waals surface area contributed by atoms with E-state index in [9.17, 15) is 25.0 Å². The highest BCUT2D eigenvalue weighted by molar-refractivity contribution is 5.95. The zero-order chi connectivity index (χ0) is 18.7. The van der Waals surface area contributed by atoms with Crippen LogP contribution >= 0.6 is 0 Å². The normalized spacial score (nSPS) is 10.4. The van der Waals surface area contributed by atoms with E-state index in [2.05, 4.69) is 5.32 Å². The third kappa shape index (κ3) is 7.71. The lowest BCUT2D eigenvalue weighted by atomic mass is 10.1. The number of hydrogen-bond donors (Lipinski definition) is 2. The van der Waals surface area contributed by atoms with Crippen LogP contribution in [0.4, 0.5) is 11.4 Å². The average molecular weight is 353 g/mol. The molecule has 0 saturated heterocycles. The number of nitrogens with zero attached hydrogens (tertiary/aromatic N) is 2. The van der Waals surface area contributed by atoms with Crippen LogP contribution < -0.4 is 5.32 Å². The highest BCUT2D eigenvalue weighted by atomic mass is 16.6. The molecule has 0 saturated carbocycles. The lowest BCUT2D eigenvalue weighted by molar-refractivity contribution is -0.394. The van der Waals surface area contributed by atoms with Crippen molar-refractivity contribution in [3.63, 3.8) is 0 Å². The Morgan fingerprint density at radius 3 is 1.84 bits per heavy atom. The molecule has 2 N–H and O–H groups in total. The highest BCUT2D eigenvalue weighted by Gasteiger charge is 2.19. The number of nitro benzene ring substituents is 2. The summed E-state index contributed by atoms with van der Waals surface area (Å²) >= 11 is 0. The number of rotatable bonds is 12. The standard InChI is InChI=1S/C16H23N3O6/c20-9-7-5-3-1-2-4-6-8-17-16(21)13-10-14(18(22)23)12-15(11-13)19(24)25/h10-12,20H,1-9H2,(H,17,21). The number of hydrogen-bond acceptors (Lipinski definition) is 6. The molecule has 0 aliphatic heterocycles. The molecule has 9 nitrogen and oxygen atoms in total. The SMILES string of the molecule is O=C(NCCCCCCCCCO)c1cc([N+](=O)[O-])cc([N+](=O)[O-])c1. The monoisotopic (exact) mass is 353 g/mol. The Hall–Kier alpha value is -2.55. The van der Waals surface area contributed by atoms with Gasteiger partial charge in [-0.2, -0.15) is 0 Å². The first kappa shape index (κ1) is 20.5. The third-order valence-corrected chi connectivity index (χ3v) is 3.71. The van der Waals surface area contributed by atoms with Crippen molar-refractivity contribution in [2.24, 2.45) is 0 Å². The molecule has 0 unspecified atom stereocenters. The van der Waals surface area contributed by atoms with Crippen LogP contribution in [0, 0.1) is 20.2 Å². The molecule has 1 aromatic rings. The molecule has 138 valence electrons. The number of aliphatic hydroxyl groups excluding tert-OH is 1. The number of aliphatic hydroxyl groups is 1. The van der Waals surface area contributed by atoms with Crippen LogP contribution in [0.15, 0.2) is 18.2 Å². The fourth-order valence-corrected chi connectivity index (χ4v) is 2.36. The lowest BCUT2D eigenvalue weighted by Crippen LogP contribution is -2.24. The van der Waals surface area contributed by atoms with E-state index >= 15 is 0 Å². The van der Waals surface area contributed by atoms with E-state index in [1.54, 1.807) is 0 Å². The molecule has 0 aliphatic carbocycles. The van der Waals surface area contributed by atoms with Gasteiger partial charge in [-0.3, -0.25) is 25.0 Å². The molecule has 0 heterocycles. The molecule has 0 aromatic heterocycles. The van der Waals surface area contributed by atoms with Gasteiger partial charge in [-0.15, -0.1) is 0 Å². The topological polar surface area (TPSA) is 136 Å². The molecule has 0 aliphatic rings.